The minimum Gasteiger partial charge on any atom is -0.484 e. The third-order valence-electron chi connectivity index (χ3n) is 2.66. The smallest absolute Gasteiger partial charge is 0.264 e. The van der Waals surface area contributed by atoms with Crippen molar-refractivity contribution in [1.82, 2.24) is 10.2 Å². The van der Waals surface area contributed by atoms with E-state index < -0.39 is 0 Å². The molecule has 5 nitrogen and oxygen atoms in total. The van der Waals surface area contributed by atoms with Crippen LogP contribution in [0.25, 0.3) is 0 Å². The zero-order valence-electron chi connectivity index (χ0n) is 11.9. The van der Waals surface area contributed by atoms with Crippen molar-refractivity contribution in [2.24, 2.45) is 0 Å². The molecule has 1 heterocycles. The van der Waals surface area contributed by atoms with Crippen LogP contribution in [0.3, 0.4) is 0 Å². The molecule has 8 heteroatoms. The van der Waals surface area contributed by atoms with Gasteiger partial charge in [-0.1, -0.05) is 47.9 Å². The number of nitrogens with one attached hydrogen (secondary N) is 1. The van der Waals surface area contributed by atoms with Crippen LogP contribution in [0.15, 0.2) is 18.2 Å². The number of anilines is 1. The van der Waals surface area contributed by atoms with Gasteiger partial charge in [0.15, 0.2) is 6.61 Å². The number of hydrogen-bond acceptors (Lipinski definition) is 5. The van der Waals surface area contributed by atoms with Crippen molar-refractivity contribution in [1.29, 1.82) is 0 Å². The summed E-state index contributed by atoms with van der Waals surface area (Å²) in [4.78, 5) is 11.8. The molecule has 0 aliphatic carbocycles. The van der Waals surface area contributed by atoms with Crippen LogP contribution in [-0.2, 0) is 11.2 Å². The molecule has 0 aliphatic rings. The predicted molar refractivity (Wildman–Crippen MR) is 89.1 cm³/mol. The average Bonchev–Trinajstić information content (AvgIpc) is 2.89. The lowest BCUT2D eigenvalue weighted by atomic mass is 10.3. The van der Waals surface area contributed by atoms with Crippen molar-refractivity contribution < 1.29 is 9.53 Å². The van der Waals surface area contributed by atoms with Gasteiger partial charge in [-0.2, -0.15) is 0 Å². The van der Waals surface area contributed by atoms with Gasteiger partial charge in [-0.25, -0.2) is 0 Å². The van der Waals surface area contributed by atoms with E-state index in [0.717, 1.165) is 24.3 Å². The Kier molecular flexibility index (Phi) is 6.42. The lowest BCUT2D eigenvalue weighted by Crippen LogP contribution is -2.20. The summed E-state index contributed by atoms with van der Waals surface area (Å²) in [7, 11) is 0. The summed E-state index contributed by atoms with van der Waals surface area (Å²) in [6, 6.07) is 4.78. The molecule has 0 fully saturated rings. The first kappa shape index (κ1) is 17.0. The highest BCUT2D eigenvalue weighted by atomic mass is 35.5. The van der Waals surface area contributed by atoms with Gasteiger partial charge in [0.05, 0.1) is 0 Å². The van der Waals surface area contributed by atoms with Gasteiger partial charge in [-0.3, -0.25) is 10.1 Å². The molecule has 1 aromatic heterocycles. The van der Waals surface area contributed by atoms with Gasteiger partial charge in [0, 0.05) is 16.5 Å². The molecule has 0 aliphatic heterocycles. The second kappa shape index (κ2) is 8.31. The molecule has 2 aromatic rings. The van der Waals surface area contributed by atoms with E-state index in [1.54, 1.807) is 18.2 Å². The van der Waals surface area contributed by atoms with Crippen molar-refractivity contribution in [3.63, 3.8) is 0 Å². The molecule has 0 atom stereocenters. The molecule has 0 radical (unpaired) electrons. The van der Waals surface area contributed by atoms with Gasteiger partial charge in [0.1, 0.15) is 10.8 Å². The Morgan fingerprint density at radius 2 is 2.00 bits per heavy atom. The number of halogens is 2. The Hall–Kier alpha value is -1.37. The molecule has 22 heavy (non-hydrogen) atoms. The topological polar surface area (TPSA) is 64.1 Å². The molecule has 1 aromatic carbocycles. The molecule has 1 amide bonds. The second-order valence-corrected chi connectivity index (χ2v) is 6.48. The first-order valence-electron chi connectivity index (χ1n) is 6.78. The first-order valence-corrected chi connectivity index (χ1v) is 8.35. The van der Waals surface area contributed by atoms with E-state index in [0.29, 0.717) is 20.9 Å². The van der Waals surface area contributed by atoms with E-state index in [1.165, 1.54) is 11.3 Å². The van der Waals surface area contributed by atoms with Crippen molar-refractivity contribution in [2.45, 2.75) is 26.2 Å². The summed E-state index contributed by atoms with van der Waals surface area (Å²) >= 11 is 13.1. The lowest BCUT2D eigenvalue weighted by Gasteiger charge is -2.06. The van der Waals surface area contributed by atoms with Crippen LogP contribution in [0, 0.1) is 0 Å². The van der Waals surface area contributed by atoms with Gasteiger partial charge >= 0.3 is 0 Å². The number of ether oxygens (including phenoxy) is 1. The van der Waals surface area contributed by atoms with Gasteiger partial charge < -0.3 is 4.74 Å². The van der Waals surface area contributed by atoms with Crippen molar-refractivity contribution in [3.8, 4) is 5.75 Å². The number of carbonyl (C=O) groups is 1. The predicted octanol–water partition coefficient (Wildman–Crippen LogP) is 4.21. The second-order valence-electron chi connectivity index (χ2n) is 4.55. The number of amides is 1. The Morgan fingerprint density at radius 3 is 2.68 bits per heavy atom. The molecule has 0 unspecified atom stereocenters. The quantitative estimate of drug-likeness (QED) is 0.804. The van der Waals surface area contributed by atoms with E-state index in [4.69, 9.17) is 27.9 Å². The summed E-state index contributed by atoms with van der Waals surface area (Å²) < 4.78 is 5.35. The van der Waals surface area contributed by atoms with Crippen LogP contribution in [-0.4, -0.2) is 22.7 Å². The minimum atomic E-state index is -0.311. The maximum atomic E-state index is 11.8. The number of aryl methyl sites for hydroxylation is 1. The summed E-state index contributed by atoms with van der Waals surface area (Å²) in [5, 5.41) is 12.9. The fourth-order valence-corrected chi connectivity index (χ4v) is 2.95. The average molecular weight is 360 g/mol. The number of hydrogen-bond donors (Lipinski definition) is 1. The zero-order valence-corrected chi connectivity index (χ0v) is 14.3. The van der Waals surface area contributed by atoms with E-state index in [1.807, 2.05) is 0 Å². The molecular formula is C14H15Cl2N3O2S. The van der Waals surface area contributed by atoms with Crippen LogP contribution in [0.2, 0.25) is 10.0 Å². The molecule has 0 saturated heterocycles. The molecule has 0 bridgehead atoms. The number of nitrogens with zero attached hydrogens (tertiary/aromatic N) is 2. The monoisotopic (exact) mass is 359 g/mol. The van der Waals surface area contributed by atoms with E-state index in [2.05, 4.69) is 22.4 Å². The zero-order chi connectivity index (χ0) is 15.9. The van der Waals surface area contributed by atoms with Crippen LogP contribution in [0.1, 0.15) is 24.8 Å². The Labute approximate surface area is 142 Å². The lowest BCUT2D eigenvalue weighted by molar-refractivity contribution is -0.118. The first-order chi connectivity index (χ1) is 10.6. The normalized spacial score (nSPS) is 10.5. The highest BCUT2D eigenvalue weighted by molar-refractivity contribution is 7.15. The summed E-state index contributed by atoms with van der Waals surface area (Å²) in [5.74, 6) is 0.128. The van der Waals surface area contributed by atoms with Gasteiger partial charge in [0.25, 0.3) is 5.91 Å². The fraction of sp³-hybridized carbons (Fsp3) is 0.357. The Morgan fingerprint density at radius 1 is 1.27 bits per heavy atom. The molecule has 118 valence electrons. The number of aromatic nitrogens is 2. The molecule has 2 rings (SSSR count). The molecule has 1 N–H and O–H groups in total. The maximum Gasteiger partial charge on any atom is 0.264 e. The number of benzene rings is 1. The van der Waals surface area contributed by atoms with Crippen molar-refractivity contribution in [2.75, 3.05) is 11.9 Å². The summed E-state index contributed by atoms with van der Waals surface area (Å²) in [5.41, 5.74) is 0. The summed E-state index contributed by atoms with van der Waals surface area (Å²) in [6.45, 7) is 1.96. The highest BCUT2D eigenvalue weighted by Gasteiger charge is 2.09. The SMILES string of the molecule is CCCCc1nnc(NC(=O)COc2cc(Cl)cc(Cl)c2)s1. The van der Waals surface area contributed by atoms with Crippen LogP contribution < -0.4 is 10.1 Å². The van der Waals surface area contributed by atoms with Gasteiger partial charge in [-0.15, -0.1) is 10.2 Å². The number of carbonyl (C=O) groups excluding carboxylic acids is 1. The maximum absolute atomic E-state index is 11.8. The van der Waals surface area contributed by atoms with Crippen molar-refractivity contribution >= 4 is 45.6 Å². The van der Waals surface area contributed by atoms with E-state index in [-0.39, 0.29) is 12.5 Å². The fourth-order valence-electron chi connectivity index (χ4n) is 1.65. The molecular weight excluding hydrogens is 345 g/mol. The van der Waals surface area contributed by atoms with Crippen LogP contribution in [0.4, 0.5) is 5.13 Å². The summed E-state index contributed by atoms with van der Waals surface area (Å²) in [6.07, 6.45) is 3.03. The van der Waals surface area contributed by atoms with Gasteiger partial charge in [0.2, 0.25) is 5.13 Å². The standard InChI is InChI=1S/C14H15Cl2N3O2S/c1-2-3-4-13-18-19-14(22-13)17-12(20)8-21-11-6-9(15)5-10(16)7-11/h5-7H,2-4,8H2,1H3,(H,17,19,20). The number of rotatable bonds is 7. The van der Waals surface area contributed by atoms with E-state index in [9.17, 15) is 4.79 Å². The highest BCUT2D eigenvalue weighted by Crippen LogP contribution is 2.24. The number of unbranched alkanes of at least 4 members (excludes halogenated alkanes) is 1. The van der Waals surface area contributed by atoms with E-state index >= 15 is 0 Å². The third-order valence-corrected chi connectivity index (χ3v) is 4.00. The van der Waals surface area contributed by atoms with Crippen LogP contribution >= 0.6 is 34.5 Å². The van der Waals surface area contributed by atoms with Crippen LogP contribution in [0.5, 0.6) is 5.75 Å². The Bertz CT molecular complexity index is 629. The molecule has 0 spiro atoms. The molecule has 0 saturated carbocycles. The minimum absolute atomic E-state index is 0.152. The van der Waals surface area contributed by atoms with Gasteiger partial charge in [-0.05, 0) is 24.6 Å². The Balaban J connectivity index is 1.83. The largest absolute Gasteiger partial charge is 0.484 e. The third kappa shape index (κ3) is 5.44. The van der Waals surface area contributed by atoms with Crippen molar-refractivity contribution in [3.05, 3.63) is 33.3 Å².